The van der Waals surface area contributed by atoms with Crippen LogP contribution in [0.3, 0.4) is 0 Å². The van der Waals surface area contributed by atoms with Gasteiger partial charge in [-0.15, -0.1) is 0 Å². The van der Waals surface area contributed by atoms with Gasteiger partial charge in [-0.05, 0) is 0 Å². The number of rotatable bonds is 4. The molecule has 1 aliphatic rings. The Morgan fingerprint density at radius 2 is 2.00 bits per heavy atom. The lowest BCUT2D eigenvalue weighted by molar-refractivity contribution is -0.136. The summed E-state index contributed by atoms with van der Waals surface area (Å²) in [6.07, 6.45) is -5.02. The second-order valence-corrected chi connectivity index (χ2v) is 4.62. The highest BCUT2D eigenvalue weighted by Gasteiger charge is 2.43. The summed E-state index contributed by atoms with van der Waals surface area (Å²) in [5.41, 5.74) is -1.99. The first-order valence-corrected chi connectivity index (χ1v) is 6.03. The number of nitrogens with zero attached hydrogens (tertiary/aromatic N) is 1. The minimum Gasteiger partial charge on any atom is -0.481 e. The Kier molecular flexibility index (Phi) is 4.23. The molecule has 1 fully saturated rings. The molecule has 10 heteroatoms. The average Bonchev–Trinajstić information content (AvgIpc) is 2.69. The largest absolute Gasteiger partial charge is 0.481 e. The summed E-state index contributed by atoms with van der Waals surface area (Å²) in [7, 11) is 0. The van der Waals surface area contributed by atoms with Gasteiger partial charge in [-0.1, -0.05) is 0 Å². The number of carbonyl (C=O) groups is 1. The van der Waals surface area contributed by atoms with Crippen LogP contribution in [0.1, 0.15) is 11.8 Å². The van der Waals surface area contributed by atoms with Crippen LogP contribution in [0.2, 0.25) is 0 Å². The van der Waals surface area contributed by atoms with Crippen LogP contribution in [-0.2, 0) is 16.0 Å². The van der Waals surface area contributed by atoms with Gasteiger partial charge in [-0.3, -0.25) is 19.1 Å². The Balaban J connectivity index is 2.42. The van der Waals surface area contributed by atoms with Crippen LogP contribution in [0, 0.1) is 0 Å². The van der Waals surface area contributed by atoms with Gasteiger partial charge >= 0.3 is 11.7 Å². The topological polar surface area (TPSA) is 162 Å². The number of aliphatic hydroxyl groups is 3. The first-order valence-electron chi connectivity index (χ1n) is 6.03. The van der Waals surface area contributed by atoms with Crippen molar-refractivity contribution in [3.05, 3.63) is 32.6 Å². The molecule has 1 aromatic rings. The molecular weight excluding hydrogens is 288 g/mol. The molecule has 1 unspecified atom stereocenters. The van der Waals surface area contributed by atoms with E-state index in [-0.39, 0.29) is 5.56 Å². The zero-order chi connectivity index (χ0) is 15.7. The van der Waals surface area contributed by atoms with Crippen molar-refractivity contribution >= 4 is 5.97 Å². The molecule has 2 rings (SSSR count). The van der Waals surface area contributed by atoms with Gasteiger partial charge in [0.25, 0.3) is 5.56 Å². The summed E-state index contributed by atoms with van der Waals surface area (Å²) in [5.74, 6) is -1.27. The Bertz CT molecular complexity index is 650. The van der Waals surface area contributed by atoms with E-state index in [1.54, 1.807) is 0 Å². The van der Waals surface area contributed by atoms with E-state index in [1.165, 1.54) is 0 Å². The zero-order valence-electron chi connectivity index (χ0n) is 10.7. The normalized spacial score (nSPS) is 28.7. The van der Waals surface area contributed by atoms with Gasteiger partial charge in [0.2, 0.25) is 0 Å². The SMILES string of the molecule is O=C(O)Cc1cn([C@@H]2O[C@H](CO)C(O)[C@@H]2O)c(=O)[nH]c1=O. The highest BCUT2D eigenvalue weighted by molar-refractivity contribution is 5.69. The van der Waals surface area contributed by atoms with Crippen molar-refractivity contribution in [3.63, 3.8) is 0 Å². The summed E-state index contributed by atoms with van der Waals surface area (Å²) in [6, 6.07) is 0. The number of carboxylic acids is 1. The lowest BCUT2D eigenvalue weighted by atomic mass is 10.1. The predicted molar refractivity (Wildman–Crippen MR) is 65.7 cm³/mol. The molecular formula is C11H14N2O8. The average molecular weight is 302 g/mol. The number of hydrogen-bond donors (Lipinski definition) is 5. The third kappa shape index (κ3) is 2.88. The van der Waals surface area contributed by atoms with E-state index in [0.717, 1.165) is 10.8 Å². The van der Waals surface area contributed by atoms with Gasteiger partial charge in [0.1, 0.15) is 18.3 Å². The summed E-state index contributed by atoms with van der Waals surface area (Å²) in [4.78, 5) is 35.8. The molecule has 2 heterocycles. The summed E-state index contributed by atoms with van der Waals surface area (Å²) in [6.45, 7) is -0.575. The second-order valence-electron chi connectivity index (χ2n) is 4.62. The second kappa shape index (κ2) is 5.77. The maximum atomic E-state index is 11.7. The molecule has 1 aliphatic heterocycles. The van der Waals surface area contributed by atoms with Crippen molar-refractivity contribution in [2.75, 3.05) is 6.61 Å². The maximum absolute atomic E-state index is 11.7. The molecule has 116 valence electrons. The Labute approximate surface area is 116 Å². The number of ether oxygens (including phenoxy) is 1. The van der Waals surface area contributed by atoms with Gasteiger partial charge in [0, 0.05) is 11.8 Å². The van der Waals surface area contributed by atoms with Crippen LogP contribution in [0.15, 0.2) is 15.8 Å². The smallest absolute Gasteiger partial charge is 0.330 e. The lowest BCUT2D eigenvalue weighted by Gasteiger charge is -2.17. The molecule has 0 saturated carbocycles. The van der Waals surface area contributed by atoms with Crippen molar-refractivity contribution in [2.45, 2.75) is 31.0 Å². The highest BCUT2D eigenvalue weighted by Crippen LogP contribution is 2.27. The van der Waals surface area contributed by atoms with Gasteiger partial charge in [0.15, 0.2) is 6.23 Å². The number of H-pyrrole nitrogens is 1. The molecule has 1 saturated heterocycles. The monoisotopic (exact) mass is 302 g/mol. The number of hydrogen-bond acceptors (Lipinski definition) is 7. The molecule has 5 N–H and O–H groups in total. The fourth-order valence-electron chi connectivity index (χ4n) is 2.11. The van der Waals surface area contributed by atoms with E-state index in [0.29, 0.717) is 0 Å². The third-order valence-corrected chi connectivity index (χ3v) is 3.17. The van der Waals surface area contributed by atoms with Crippen molar-refractivity contribution in [2.24, 2.45) is 0 Å². The van der Waals surface area contributed by atoms with Gasteiger partial charge in [-0.2, -0.15) is 0 Å². The van der Waals surface area contributed by atoms with Crippen LogP contribution >= 0.6 is 0 Å². The zero-order valence-corrected chi connectivity index (χ0v) is 10.7. The molecule has 1 aromatic heterocycles. The molecule has 10 nitrogen and oxygen atoms in total. The third-order valence-electron chi connectivity index (χ3n) is 3.17. The van der Waals surface area contributed by atoms with Crippen molar-refractivity contribution < 1.29 is 30.0 Å². The van der Waals surface area contributed by atoms with Crippen LogP contribution in [0.25, 0.3) is 0 Å². The van der Waals surface area contributed by atoms with E-state index in [2.05, 4.69) is 0 Å². The maximum Gasteiger partial charge on any atom is 0.330 e. The van der Waals surface area contributed by atoms with E-state index in [1.807, 2.05) is 4.98 Å². The summed E-state index contributed by atoms with van der Waals surface area (Å²) < 4.78 is 5.93. The number of aromatic nitrogens is 2. The van der Waals surface area contributed by atoms with Crippen LogP contribution in [-0.4, -0.2) is 60.9 Å². The highest BCUT2D eigenvalue weighted by atomic mass is 16.6. The standard InChI is InChI=1S/C11H14N2O8/c14-3-5-7(17)8(18)10(21-5)13-2-4(1-6(15)16)9(19)12-11(13)20/h2,5,7-8,10,14,17-18H,1,3H2,(H,15,16)(H,12,19,20)/t5-,7?,8+,10-/m1/s1. The first-order chi connectivity index (χ1) is 9.85. The van der Waals surface area contributed by atoms with Crippen LogP contribution < -0.4 is 11.2 Å². The number of carboxylic acid groups (broad SMARTS) is 1. The minimum absolute atomic E-state index is 0.208. The Morgan fingerprint density at radius 1 is 1.33 bits per heavy atom. The van der Waals surface area contributed by atoms with Crippen molar-refractivity contribution in [1.29, 1.82) is 0 Å². The first kappa shape index (κ1) is 15.4. The molecule has 0 bridgehead atoms. The fourth-order valence-corrected chi connectivity index (χ4v) is 2.11. The van der Waals surface area contributed by atoms with Gasteiger partial charge in [-0.25, -0.2) is 4.79 Å². The molecule has 4 atom stereocenters. The molecule has 0 aromatic carbocycles. The fraction of sp³-hybridized carbons (Fsp3) is 0.545. The molecule has 0 radical (unpaired) electrons. The molecule has 0 amide bonds. The molecule has 21 heavy (non-hydrogen) atoms. The number of aliphatic carboxylic acids is 1. The minimum atomic E-state index is -1.51. The number of aromatic amines is 1. The van der Waals surface area contributed by atoms with E-state index >= 15 is 0 Å². The van der Waals surface area contributed by atoms with Crippen LogP contribution in [0.4, 0.5) is 0 Å². The van der Waals surface area contributed by atoms with E-state index in [9.17, 15) is 24.6 Å². The van der Waals surface area contributed by atoms with Gasteiger partial charge < -0.3 is 25.2 Å². The van der Waals surface area contributed by atoms with E-state index in [4.69, 9.17) is 14.9 Å². The predicted octanol–water partition coefficient (Wildman–Crippen LogP) is -3.22. The van der Waals surface area contributed by atoms with E-state index < -0.39 is 54.8 Å². The molecule has 0 spiro atoms. The van der Waals surface area contributed by atoms with Crippen molar-refractivity contribution in [1.82, 2.24) is 9.55 Å². The van der Waals surface area contributed by atoms with Gasteiger partial charge in [0.05, 0.1) is 13.0 Å². The van der Waals surface area contributed by atoms with Crippen molar-refractivity contribution in [3.8, 4) is 0 Å². The number of aliphatic hydroxyl groups excluding tert-OH is 3. The molecule has 0 aliphatic carbocycles. The quantitative estimate of drug-likeness (QED) is 0.388. The summed E-state index contributed by atoms with van der Waals surface area (Å²) >= 11 is 0. The lowest BCUT2D eigenvalue weighted by Crippen LogP contribution is -2.39. The number of nitrogens with one attached hydrogen (secondary N) is 1. The Hall–Kier alpha value is -2.01. The Morgan fingerprint density at radius 3 is 2.52 bits per heavy atom. The summed E-state index contributed by atoms with van der Waals surface area (Å²) in [5, 5.41) is 37.1. The van der Waals surface area contributed by atoms with Crippen LogP contribution in [0.5, 0.6) is 0 Å².